The summed E-state index contributed by atoms with van der Waals surface area (Å²) in [6, 6.07) is 0. The molecule has 1 aromatic heterocycles. The summed E-state index contributed by atoms with van der Waals surface area (Å²) in [5, 5.41) is 1.14. The van der Waals surface area contributed by atoms with Crippen LogP contribution in [0.3, 0.4) is 0 Å². The third-order valence-corrected chi connectivity index (χ3v) is 2.04. The fourth-order valence-electron chi connectivity index (χ4n) is 0.552. The topological polar surface area (TPSA) is 26.0 Å². The van der Waals surface area contributed by atoms with Gasteiger partial charge in [-0.3, -0.25) is 0 Å². The second-order valence-electron chi connectivity index (χ2n) is 1.87. The highest BCUT2D eigenvalue weighted by molar-refractivity contribution is 8.00. The summed E-state index contributed by atoms with van der Waals surface area (Å²) < 4.78 is 5.22. The van der Waals surface area contributed by atoms with Crippen LogP contribution in [0.2, 0.25) is 0 Å². The Bertz CT molecular complexity index is 204. The van der Waals surface area contributed by atoms with E-state index >= 15 is 0 Å². The molecule has 0 saturated heterocycles. The molecule has 1 rings (SSSR count). The number of halogens is 1. The third-order valence-electron chi connectivity index (χ3n) is 1.19. The standard InChI is InChI=1S/C6H8ClNOS/c1-4-5(2)9-6(8-4)10-3-7/h3H2,1-2H3. The number of thioether (sulfide) groups is 1. The van der Waals surface area contributed by atoms with Crippen LogP contribution in [0.25, 0.3) is 0 Å². The first-order chi connectivity index (χ1) is 4.74. The highest BCUT2D eigenvalue weighted by Gasteiger charge is 2.03. The Morgan fingerprint density at radius 1 is 1.60 bits per heavy atom. The van der Waals surface area contributed by atoms with E-state index in [-0.39, 0.29) is 0 Å². The number of nitrogens with zero attached hydrogens (tertiary/aromatic N) is 1. The molecule has 0 radical (unpaired) electrons. The number of aromatic nitrogens is 1. The monoisotopic (exact) mass is 177 g/mol. The normalized spacial score (nSPS) is 10.3. The van der Waals surface area contributed by atoms with Crippen molar-refractivity contribution in [2.45, 2.75) is 19.1 Å². The van der Waals surface area contributed by atoms with Crippen molar-refractivity contribution in [1.82, 2.24) is 4.98 Å². The summed E-state index contributed by atoms with van der Waals surface area (Å²) in [5.74, 6) is 0.868. The van der Waals surface area contributed by atoms with Gasteiger partial charge in [0.15, 0.2) is 0 Å². The Labute approximate surface area is 69.0 Å². The van der Waals surface area contributed by atoms with E-state index < -0.39 is 0 Å². The fraction of sp³-hybridized carbons (Fsp3) is 0.500. The smallest absolute Gasteiger partial charge is 0.257 e. The molecular weight excluding hydrogens is 170 g/mol. The van der Waals surface area contributed by atoms with Crippen LogP contribution in [-0.4, -0.2) is 10.2 Å². The first-order valence-corrected chi connectivity index (χ1v) is 4.39. The molecule has 0 N–H and O–H groups in total. The van der Waals surface area contributed by atoms with Gasteiger partial charge in [-0.05, 0) is 13.8 Å². The number of alkyl halides is 1. The Morgan fingerprint density at radius 3 is 2.70 bits per heavy atom. The predicted octanol–water partition coefficient (Wildman–Crippen LogP) is 2.58. The lowest BCUT2D eigenvalue weighted by Crippen LogP contribution is -1.72. The number of rotatable bonds is 2. The minimum atomic E-state index is 0.486. The van der Waals surface area contributed by atoms with Crippen LogP contribution in [0.1, 0.15) is 11.5 Å². The molecule has 0 fully saturated rings. The van der Waals surface area contributed by atoms with E-state index in [4.69, 9.17) is 16.0 Å². The van der Waals surface area contributed by atoms with Gasteiger partial charge in [0.25, 0.3) is 5.22 Å². The lowest BCUT2D eigenvalue weighted by atomic mass is 10.4. The van der Waals surface area contributed by atoms with Gasteiger partial charge >= 0.3 is 0 Å². The zero-order valence-electron chi connectivity index (χ0n) is 5.85. The van der Waals surface area contributed by atoms with Crippen LogP contribution < -0.4 is 0 Å². The van der Waals surface area contributed by atoms with E-state index in [1.54, 1.807) is 0 Å². The van der Waals surface area contributed by atoms with Gasteiger partial charge in [0, 0.05) is 0 Å². The molecule has 0 unspecified atom stereocenters. The third kappa shape index (κ3) is 1.67. The SMILES string of the molecule is Cc1nc(SCCl)oc1C. The van der Waals surface area contributed by atoms with E-state index in [0.29, 0.717) is 10.4 Å². The van der Waals surface area contributed by atoms with Crippen molar-refractivity contribution in [1.29, 1.82) is 0 Å². The Balaban J connectivity index is 2.77. The molecule has 4 heteroatoms. The average molecular weight is 178 g/mol. The van der Waals surface area contributed by atoms with Crippen LogP contribution in [0.15, 0.2) is 9.64 Å². The zero-order valence-corrected chi connectivity index (χ0v) is 7.42. The van der Waals surface area contributed by atoms with Gasteiger partial charge in [-0.2, -0.15) is 0 Å². The summed E-state index contributed by atoms with van der Waals surface area (Å²) in [6.45, 7) is 3.80. The maximum absolute atomic E-state index is 5.46. The Morgan fingerprint density at radius 2 is 2.30 bits per heavy atom. The second-order valence-corrected chi connectivity index (χ2v) is 3.39. The van der Waals surface area contributed by atoms with Crippen molar-refractivity contribution in [3.8, 4) is 0 Å². The van der Waals surface area contributed by atoms with Gasteiger partial charge in [-0.25, -0.2) is 4.98 Å². The Kier molecular flexibility index (Phi) is 2.63. The lowest BCUT2D eigenvalue weighted by Gasteiger charge is -1.84. The first-order valence-electron chi connectivity index (χ1n) is 2.87. The molecule has 0 aliphatic carbocycles. The molecule has 0 spiro atoms. The highest BCUT2D eigenvalue weighted by Crippen LogP contribution is 2.20. The van der Waals surface area contributed by atoms with Crippen molar-refractivity contribution < 1.29 is 4.42 Å². The molecule has 0 bridgehead atoms. The van der Waals surface area contributed by atoms with Crippen LogP contribution in [0, 0.1) is 13.8 Å². The van der Waals surface area contributed by atoms with Gasteiger partial charge in [-0.1, -0.05) is 11.8 Å². The van der Waals surface area contributed by atoms with Crippen LogP contribution in [0.5, 0.6) is 0 Å². The molecule has 0 aliphatic rings. The van der Waals surface area contributed by atoms with E-state index in [1.165, 1.54) is 11.8 Å². The summed E-state index contributed by atoms with van der Waals surface area (Å²) >= 11 is 6.86. The predicted molar refractivity (Wildman–Crippen MR) is 42.6 cm³/mol. The summed E-state index contributed by atoms with van der Waals surface area (Å²) in [7, 11) is 0. The molecule has 0 aliphatic heterocycles. The van der Waals surface area contributed by atoms with Crippen molar-refractivity contribution >= 4 is 23.4 Å². The molecule has 0 saturated carbocycles. The Hall–Kier alpha value is -0.150. The number of oxazole rings is 1. The summed E-state index contributed by atoms with van der Waals surface area (Å²) in [5.41, 5.74) is 0.938. The molecule has 56 valence electrons. The zero-order chi connectivity index (χ0) is 7.56. The molecule has 0 amide bonds. The van der Waals surface area contributed by atoms with Gasteiger partial charge < -0.3 is 4.42 Å². The minimum absolute atomic E-state index is 0.486. The largest absolute Gasteiger partial charge is 0.437 e. The number of aryl methyl sites for hydroxylation is 2. The number of hydrogen-bond acceptors (Lipinski definition) is 3. The molecule has 0 aromatic carbocycles. The van der Waals surface area contributed by atoms with Crippen molar-refractivity contribution in [3.05, 3.63) is 11.5 Å². The number of hydrogen-bond donors (Lipinski definition) is 0. The summed E-state index contributed by atoms with van der Waals surface area (Å²) in [6.07, 6.45) is 0. The van der Waals surface area contributed by atoms with E-state index in [1.807, 2.05) is 13.8 Å². The van der Waals surface area contributed by atoms with Crippen molar-refractivity contribution in [2.75, 3.05) is 5.21 Å². The van der Waals surface area contributed by atoms with Crippen molar-refractivity contribution in [3.63, 3.8) is 0 Å². The second kappa shape index (κ2) is 3.30. The molecule has 2 nitrogen and oxygen atoms in total. The van der Waals surface area contributed by atoms with Gasteiger partial charge in [0.1, 0.15) is 5.76 Å². The van der Waals surface area contributed by atoms with Crippen LogP contribution in [-0.2, 0) is 0 Å². The molecule has 0 atom stereocenters. The maximum Gasteiger partial charge on any atom is 0.257 e. The molecule has 1 heterocycles. The van der Waals surface area contributed by atoms with E-state index in [0.717, 1.165) is 11.5 Å². The summed E-state index contributed by atoms with van der Waals surface area (Å²) in [4.78, 5) is 4.11. The average Bonchev–Trinajstić information content (AvgIpc) is 2.14. The molecular formula is C6H8ClNOS. The molecule has 10 heavy (non-hydrogen) atoms. The van der Waals surface area contributed by atoms with Gasteiger partial charge in [0.2, 0.25) is 0 Å². The first kappa shape index (κ1) is 7.95. The lowest BCUT2D eigenvalue weighted by molar-refractivity contribution is 0.431. The van der Waals surface area contributed by atoms with Crippen LogP contribution >= 0.6 is 23.4 Å². The fourth-order valence-corrected chi connectivity index (χ4v) is 1.31. The van der Waals surface area contributed by atoms with E-state index in [9.17, 15) is 0 Å². The quantitative estimate of drug-likeness (QED) is 0.513. The highest BCUT2D eigenvalue weighted by atomic mass is 35.5. The van der Waals surface area contributed by atoms with Crippen molar-refractivity contribution in [2.24, 2.45) is 0 Å². The van der Waals surface area contributed by atoms with Gasteiger partial charge in [0.05, 0.1) is 10.9 Å². The maximum atomic E-state index is 5.46. The van der Waals surface area contributed by atoms with E-state index in [2.05, 4.69) is 4.98 Å². The van der Waals surface area contributed by atoms with Crippen LogP contribution in [0.4, 0.5) is 0 Å². The minimum Gasteiger partial charge on any atom is -0.437 e. The molecule has 1 aromatic rings. The van der Waals surface area contributed by atoms with Gasteiger partial charge in [-0.15, -0.1) is 11.6 Å².